The number of carbonyl (C=O) groups excluding carboxylic acids is 2. The van der Waals surface area contributed by atoms with Crippen LogP contribution in [0.2, 0.25) is 0 Å². The van der Waals surface area contributed by atoms with Crippen LogP contribution in [0.15, 0.2) is 47.6 Å². The number of nitrogens with one attached hydrogen (secondary N) is 1. The molecule has 0 unspecified atom stereocenters. The number of allylic oxidation sites excluding steroid dienone is 1. The summed E-state index contributed by atoms with van der Waals surface area (Å²) in [6.45, 7) is 14.0. The average Bonchev–Trinajstić information content (AvgIpc) is 3.27. The fourth-order valence-corrected chi connectivity index (χ4v) is 4.08. The third-order valence-electron chi connectivity index (χ3n) is 6.02. The number of aliphatic imine (C=N–C) groups is 1. The Morgan fingerprint density at radius 3 is 2.46 bits per heavy atom. The molecular formula is C28H43N7O2. The number of anilines is 2. The summed E-state index contributed by atoms with van der Waals surface area (Å²) in [5, 5.41) is 3.38. The number of urea groups is 1. The Hall–Kier alpha value is -3.46. The van der Waals surface area contributed by atoms with Crippen molar-refractivity contribution in [3.05, 3.63) is 53.9 Å². The number of benzene rings is 1. The van der Waals surface area contributed by atoms with Crippen LogP contribution < -0.4 is 15.1 Å². The third kappa shape index (κ3) is 8.01. The lowest BCUT2D eigenvalue weighted by Gasteiger charge is -2.29. The maximum Gasteiger partial charge on any atom is 0.332 e. The number of carbonyl (C=O) groups is 2. The largest absolute Gasteiger partial charge is 0.340 e. The minimum atomic E-state index is -0.379. The first-order chi connectivity index (χ1) is 18.0. The quantitative estimate of drug-likeness (QED) is 0.504. The van der Waals surface area contributed by atoms with E-state index < -0.39 is 0 Å². The predicted octanol–water partition coefficient (Wildman–Crippen LogP) is 4.46. The van der Waals surface area contributed by atoms with Crippen LogP contribution in [0.3, 0.4) is 0 Å². The average molecular weight is 510 g/mol. The summed E-state index contributed by atoms with van der Waals surface area (Å²) in [7, 11) is 1.69. The second-order valence-corrected chi connectivity index (χ2v) is 8.47. The zero-order valence-electron chi connectivity index (χ0n) is 23.3. The summed E-state index contributed by atoms with van der Waals surface area (Å²) in [6, 6.07) is 9.85. The van der Waals surface area contributed by atoms with Crippen LogP contribution in [0.5, 0.6) is 0 Å². The molecule has 0 aliphatic carbocycles. The molecule has 9 nitrogen and oxygen atoms in total. The van der Waals surface area contributed by atoms with E-state index in [9.17, 15) is 9.59 Å². The van der Waals surface area contributed by atoms with Gasteiger partial charge in [-0.3, -0.25) is 19.6 Å². The third-order valence-corrected chi connectivity index (χ3v) is 6.02. The normalized spacial score (nSPS) is 13.5. The molecule has 1 aliphatic rings. The SMILES string of the molecule is C/C=C\N=CCCN(C(=O)CC)C(=O)N(C)c1nc(N2CCNCC2)n(Cc2ccccc2)c1C.CC. The minimum absolute atomic E-state index is 0.218. The molecule has 202 valence electrons. The lowest BCUT2D eigenvalue weighted by molar-refractivity contribution is -0.127. The van der Waals surface area contributed by atoms with Crippen molar-refractivity contribution in [2.75, 3.05) is 49.6 Å². The molecular weight excluding hydrogens is 466 g/mol. The Morgan fingerprint density at radius 2 is 1.84 bits per heavy atom. The zero-order valence-corrected chi connectivity index (χ0v) is 23.3. The summed E-state index contributed by atoms with van der Waals surface area (Å²) >= 11 is 0. The molecule has 0 bridgehead atoms. The number of amides is 3. The molecule has 0 spiro atoms. The Morgan fingerprint density at radius 1 is 1.16 bits per heavy atom. The van der Waals surface area contributed by atoms with Crippen LogP contribution in [0.4, 0.5) is 16.6 Å². The van der Waals surface area contributed by atoms with Crippen molar-refractivity contribution in [2.24, 2.45) is 4.99 Å². The smallest absolute Gasteiger partial charge is 0.332 e. The first-order valence-corrected chi connectivity index (χ1v) is 13.3. The van der Waals surface area contributed by atoms with Gasteiger partial charge in [-0.15, -0.1) is 0 Å². The maximum absolute atomic E-state index is 13.5. The predicted molar refractivity (Wildman–Crippen MR) is 153 cm³/mol. The standard InChI is InChI=1S/C26H37N7O2.C2H6/c1-5-13-27-14-10-17-32(23(34)6-2)26(35)30(4)24-21(3)33(20-22-11-8-7-9-12-22)25(29-24)31-18-15-28-16-19-31;1-2/h5,7-9,11-14,28H,6,10,15-20H2,1-4H3;1-2H3/b13-5-,27-14?;. The number of rotatable bonds is 9. The lowest BCUT2D eigenvalue weighted by Crippen LogP contribution is -2.45. The van der Waals surface area contributed by atoms with E-state index in [1.165, 1.54) is 9.80 Å². The van der Waals surface area contributed by atoms with Gasteiger partial charge >= 0.3 is 6.03 Å². The van der Waals surface area contributed by atoms with Gasteiger partial charge in [0.05, 0.1) is 12.2 Å². The Balaban J connectivity index is 0.00000235. The number of hydrogen-bond acceptors (Lipinski definition) is 6. The molecule has 1 aromatic heterocycles. The molecule has 9 heteroatoms. The highest BCUT2D eigenvalue weighted by Crippen LogP contribution is 2.28. The number of nitrogens with zero attached hydrogens (tertiary/aromatic N) is 6. The van der Waals surface area contributed by atoms with Gasteiger partial charge < -0.3 is 14.8 Å². The number of imide groups is 1. The van der Waals surface area contributed by atoms with Gasteiger partial charge in [0, 0.05) is 65.0 Å². The Labute approximate surface area is 221 Å². The van der Waals surface area contributed by atoms with Crippen LogP contribution in [0.1, 0.15) is 51.8 Å². The van der Waals surface area contributed by atoms with Gasteiger partial charge in [-0.05, 0) is 19.4 Å². The summed E-state index contributed by atoms with van der Waals surface area (Å²) in [5.41, 5.74) is 2.05. The molecule has 1 saturated heterocycles. The van der Waals surface area contributed by atoms with Gasteiger partial charge in [0.2, 0.25) is 11.9 Å². The molecule has 1 aromatic carbocycles. The van der Waals surface area contributed by atoms with E-state index in [1.807, 2.05) is 52.0 Å². The summed E-state index contributed by atoms with van der Waals surface area (Å²) < 4.78 is 2.16. The van der Waals surface area contributed by atoms with Crippen molar-refractivity contribution in [2.45, 2.75) is 54.0 Å². The van der Waals surface area contributed by atoms with Crippen LogP contribution >= 0.6 is 0 Å². The van der Waals surface area contributed by atoms with Crippen molar-refractivity contribution in [3.8, 4) is 0 Å². The molecule has 0 atom stereocenters. The van der Waals surface area contributed by atoms with Crippen molar-refractivity contribution < 1.29 is 9.59 Å². The second kappa shape index (κ2) is 15.6. The van der Waals surface area contributed by atoms with Crippen LogP contribution in [0.25, 0.3) is 0 Å². The van der Waals surface area contributed by atoms with Crippen molar-refractivity contribution in [1.82, 2.24) is 19.8 Å². The Kier molecular flexibility index (Phi) is 12.6. The highest BCUT2D eigenvalue weighted by Gasteiger charge is 2.29. The lowest BCUT2D eigenvalue weighted by atomic mass is 10.2. The van der Waals surface area contributed by atoms with Crippen molar-refractivity contribution in [3.63, 3.8) is 0 Å². The van der Waals surface area contributed by atoms with Crippen LogP contribution in [-0.4, -0.2) is 72.4 Å². The van der Waals surface area contributed by atoms with Crippen molar-refractivity contribution in [1.29, 1.82) is 0 Å². The van der Waals surface area contributed by atoms with Gasteiger partial charge in [-0.1, -0.05) is 57.2 Å². The fraction of sp³-hybridized carbons (Fsp3) is 0.500. The molecule has 2 heterocycles. The minimum Gasteiger partial charge on any atom is -0.340 e. The molecule has 0 radical (unpaired) electrons. The van der Waals surface area contributed by atoms with Gasteiger partial charge in [0.1, 0.15) is 0 Å². The van der Waals surface area contributed by atoms with Gasteiger partial charge in [-0.2, -0.15) is 4.98 Å². The van der Waals surface area contributed by atoms with E-state index in [0.29, 0.717) is 18.8 Å². The molecule has 0 saturated carbocycles. The first kappa shape index (κ1) is 29.8. The number of hydrogen-bond donors (Lipinski definition) is 1. The molecule has 3 amide bonds. The molecule has 1 N–H and O–H groups in total. The zero-order chi connectivity index (χ0) is 27.2. The van der Waals surface area contributed by atoms with E-state index in [1.54, 1.807) is 26.4 Å². The number of imidazole rings is 1. The highest BCUT2D eigenvalue weighted by atomic mass is 16.2. The van der Waals surface area contributed by atoms with Gasteiger partial charge in [-0.25, -0.2) is 4.79 Å². The van der Waals surface area contributed by atoms with Gasteiger partial charge in [0.15, 0.2) is 5.82 Å². The van der Waals surface area contributed by atoms with Gasteiger partial charge in [0.25, 0.3) is 0 Å². The number of aromatic nitrogens is 2. The topological polar surface area (TPSA) is 86.1 Å². The van der Waals surface area contributed by atoms with E-state index in [0.717, 1.165) is 43.4 Å². The molecule has 37 heavy (non-hydrogen) atoms. The van der Waals surface area contributed by atoms with Crippen molar-refractivity contribution >= 4 is 29.9 Å². The summed E-state index contributed by atoms with van der Waals surface area (Å²) in [6.07, 6.45) is 5.96. The first-order valence-electron chi connectivity index (χ1n) is 13.3. The van der Waals surface area contributed by atoms with E-state index >= 15 is 0 Å². The highest BCUT2D eigenvalue weighted by molar-refractivity contribution is 6.02. The molecule has 1 aliphatic heterocycles. The molecule has 2 aromatic rings. The van der Waals surface area contributed by atoms with E-state index in [4.69, 9.17) is 4.98 Å². The molecule has 3 rings (SSSR count). The molecule has 1 fully saturated rings. The van der Waals surface area contributed by atoms with Crippen LogP contribution in [0, 0.1) is 6.92 Å². The second-order valence-electron chi connectivity index (χ2n) is 8.47. The summed E-state index contributed by atoms with van der Waals surface area (Å²) in [4.78, 5) is 40.2. The monoisotopic (exact) mass is 509 g/mol. The fourth-order valence-electron chi connectivity index (χ4n) is 4.08. The van der Waals surface area contributed by atoms with E-state index in [-0.39, 0.29) is 24.9 Å². The van der Waals surface area contributed by atoms with Crippen LogP contribution in [-0.2, 0) is 11.3 Å². The summed E-state index contributed by atoms with van der Waals surface area (Å²) in [5.74, 6) is 1.19. The number of piperazine rings is 1. The Bertz CT molecular complexity index is 1040. The maximum atomic E-state index is 13.5. The van der Waals surface area contributed by atoms with E-state index in [2.05, 4.69) is 31.9 Å².